The molecule has 136 valence electrons. The van der Waals surface area contributed by atoms with E-state index in [9.17, 15) is 4.79 Å². The van der Waals surface area contributed by atoms with Crippen LogP contribution in [0.4, 0.5) is 4.79 Å². The molecule has 1 aliphatic carbocycles. The summed E-state index contributed by atoms with van der Waals surface area (Å²) in [5.74, 6) is 0.449. The monoisotopic (exact) mass is 344 g/mol. The number of piperidine rings is 1. The highest BCUT2D eigenvalue weighted by atomic mass is 16.5. The molecule has 5 heteroatoms. The topological polar surface area (TPSA) is 50.8 Å². The Kier molecular flexibility index (Phi) is 4.95. The number of nitrogens with zero attached hydrogens (tertiary/aromatic N) is 1. The van der Waals surface area contributed by atoms with Crippen molar-refractivity contribution < 1.29 is 14.3 Å². The van der Waals surface area contributed by atoms with Gasteiger partial charge in [-0.3, -0.25) is 0 Å². The molecule has 2 fully saturated rings. The SMILES string of the molecule is CC1Cc2ccccc2C1NC(=O)N1CCC(OC2CCOC2)CC1. The average molecular weight is 344 g/mol. The average Bonchev–Trinajstić information content (AvgIpc) is 3.24. The minimum absolute atomic E-state index is 0.0659. The summed E-state index contributed by atoms with van der Waals surface area (Å²) in [5.41, 5.74) is 2.65. The predicted molar refractivity (Wildman–Crippen MR) is 95.5 cm³/mol. The van der Waals surface area contributed by atoms with Crippen molar-refractivity contribution in [3.63, 3.8) is 0 Å². The fourth-order valence-electron chi connectivity index (χ4n) is 4.33. The molecule has 0 aromatic heterocycles. The van der Waals surface area contributed by atoms with E-state index in [1.165, 1.54) is 11.1 Å². The first kappa shape index (κ1) is 16.9. The molecule has 2 heterocycles. The quantitative estimate of drug-likeness (QED) is 0.917. The number of nitrogens with one attached hydrogen (secondary N) is 1. The first-order valence-electron chi connectivity index (χ1n) is 9.57. The van der Waals surface area contributed by atoms with Gasteiger partial charge in [0, 0.05) is 19.7 Å². The molecular formula is C20H28N2O3. The van der Waals surface area contributed by atoms with Crippen LogP contribution in [-0.4, -0.2) is 49.4 Å². The van der Waals surface area contributed by atoms with Crippen molar-refractivity contribution in [3.8, 4) is 0 Å². The lowest BCUT2D eigenvalue weighted by Crippen LogP contribution is -2.47. The van der Waals surface area contributed by atoms with E-state index in [1.54, 1.807) is 0 Å². The molecule has 0 spiro atoms. The van der Waals surface area contributed by atoms with Crippen LogP contribution in [0.25, 0.3) is 0 Å². The third-order valence-corrected chi connectivity index (χ3v) is 5.78. The van der Waals surface area contributed by atoms with Crippen LogP contribution in [0.3, 0.4) is 0 Å². The smallest absolute Gasteiger partial charge is 0.317 e. The number of hydrogen-bond donors (Lipinski definition) is 1. The van der Waals surface area contributed by atoms with Crippen molar-refractivity contribution in [2.75, 3.05) is 26.3 Å². The van der Waals surface area contributed by atoms with Gasteiger partial charge in [-0.05, 0) is 42.7 Å². The van der Waals surface area contributed by atoms with E-state index in [2.05, 4.69) is 36.5 Å². The van der Waals surface area contributed by atoms with Crippen molar-refractivity contribution in [2.45, 2.75) is 50.9 Å². The summed E-state index contributed by atoms with van der Waals surface area (Å²) in [6.07, 6.45) is 4.39. The van der Waals surface area contributed by atoms with Crippen molar-refractivity contribution >= 4 is 6.03 Å². The van der Waals surface area contributed by atoms with E-state index in [0.717, 1.165) is 52.0 Å². The van der Waals surface area contributed by atoms with Crippen LogP contribution in [0.5, 0.6) is 0 Å². The Morgan fingerprint density at radius 2 is 2.00 bits per heavy atom. The van der Waals surface area contributed by atoms with Gasteiger partial charge in [-0.1, -0.05) is 31.2 Å². The third-order valence-electron chi connectivity index (χ3n) is 5.78. The van der Waals surface area contributed by atoms with Gasteiger partial charge >= 0.3 is 6.03 Å². The van der Waals surface area contributed by atoms with Crippen LogP contribution in [0, 0.1) is 5.92 Å². The van der Waals surface area contributed by atoms with Gasteiger partial charge in [0.15, 0.2) is 0 Å². The number of fused-ring (bicyclic) bond motifs is 1. The standard InChI is InChI=1S/C20H28N2O3/c1-14-12-15-4-2-3-5-18(15)19(14)21-20(23)22-9-6-16(7-10-22)25-17-8-11-24-13-17/h2-5,14,16-17,19H,6-13H2,1H3,(H,21,23). The van der Waals surface area contributed by atoms with E-state index >= 15 is 0 Å². The molecule has 2 amide bonds. The van der Waals surface area contributed by atoms with Gasteiger partial charge < -0.3 is 19.7 Å². The maximum atomic E-state index is 12.7. The van der Waals surface area contributed by atoms with Gasteiger partial charge in [-0.2, -0.15) is 0 Å². The lowest BCUT2D eigenvalue weighted by molar-refractivity contribution is -0.0393. The maximum absolute atomic E-state index is 12.7. The summed E-state index contributed by atoms with van der Waals surface area (Å²) in [6.45, 7) is 5.29. The number of benzene rings is 1. The molecule has 2 saturated heterocycles. The highest BCUT2D eigenvalue weighted by Gasteiger charge is 2.33. The second-order valence-electron chi connectivity index (χ2n) is 7.62. The third kappa shape index (κ3) is 3.67. The van der Waals surface area contributed by atoms with E-state index in [0.29, 0.717) is 5.92 Å². The molecule has 1 aromatic carbocycles. The Morgan fingerprint density at radius 3 is 2.76 bits per heavy atom. The molecule has 1 aromatic rings. The van der Waals surface area contributed by atoms with E-state index in [-0.39, 0.29) is 24.3 Å². The molecular weight excluding hydrogens is 316 g/mol. The first-order chi connectivity index (χ1) is 12.2. The van der Waals surface area contributed by atoms with Crippen LogP contribution in [-0.2, 0) is 15.9 Å². The minimum Gasteiger partial charge on any atom is -0.379 e. The number of likely N-dealkylation sites (tertiary alicyclic amines) is 1. The molecule has 25 heavy (non-hydrogen) atoms. The molecule has 1 N–H and O–H groups in total. The highest BCUT2D eigenvalue weighted by molar-refractivity contribution is 5.75. The van der Waals surface area contributed by atoms with Crippen LogP contribution >= 0.6 is 0 Å². The van der Waals surface area contributed by atoms with E-state index < -0.39 is 0 Å². The van der Waals surface area contributed by atoms with Gasteiger partial charge in [0.1, 0.15) is 0 Å². The molecule has 0 bridgehead atoms. The Hall–Kier alpha value is -1.59. The Labute approximate surface area is 149 Å². The van der Waals surface area contributed by atoms with E-state index in [4.69, 9.17) is 9.47 Å². The van der Waals surface area contributed by atoms with Crippen molar-refractivity contribution in [1.29, 1.82) is 0 Å². The molecule has 5 nitrogen and oxygen atoms in total. The molecule has 0 radical (unpaired) electrons. The lowest BCUT2D eigenvalue weighted by atomic mass is 10.0. The van der Waals surface area contributed by atoms with Gasteiger partial charge in [-0.25, -0.2) is 4.79 Å². The van der Waals surface area contributed by atoms with Gasteiger partial charge in [0.25, 0.3) is 0 Å². The molecule has 2 aliphatic heterocycles. The summed E-state index contributed by atoms with van der Waals surface area (Å²) in [4.78, 5) is 14.7. The van der Waals surface area contributed by atoms with Gasteiger partial charge in [0.2, 0.25) is 0 Å². The number of carbonyl (C=O) groups excluding carboxylic acids is 1. The zero-order valence-corrected chi connectivity index (χ0v) is 14.9. The Bertz CT molecular complexity index is 607. The summed E-state index contributed by atoms with van der Waals surface area (Å²) < 4.78 is 11.5. The van der Waals surface area contributed by atoms with Gasteiger partial charge in [0.05, 0.1) is 24.9 Å². The van der Waals surface area contributed by atoms with Gasteiger partial charge in [-0.15, -0.1) is 0 Å². The molecule has 3 unspecified atom stereocenters. The summed E-state index contributed by atoms with van der Waals surface area (Å²) >= 11 is 0. The molecule has 4 rings (SSSR count). The molecule has 3 atom stereocenters. The summed E-state index contributed by atoms with van der Waals surface area (Å²) in [7, 11) is 0. The largest absolute Gasteiger partial charge is 0.379 e. The first-order valence-corrected chi connectivity index (χ1v) is 9.57. The van der Waals surface area contributed by atoms with Crippen molar-refractivity contribution in [3.05, 3.63) is 35.4 Å². The number of amides is 2. The van der Waals surface area contributed by atoms with Crippen LogP contribution in [0.15, 0.2) is 24.3 Å². The van der Waals surface area contributed by atoms with Crippen molar-refractivity contribution in [2.24, 2.45) is 5.92 Å². The second kappa shape index (κ2) is 7.34. The second-order valence-corrected chi connectivity index (χ2v) is 7.62. The van der Waals surface area contributed by atoms with Crippen molar-refractivity contribution in [1.82, 2.24) is 10.2 Å². The fourth-order valence-corrected chi connectivity index (χ4v) is 4.33. The highest BCUT2D eigenvalue weighted by Crippen LogP contribution is 2.35. The number of carbonyl (C=O) groups is 1. The summed E-state index contributed by atoms with van der Waals surface area (Å²) in [6, 6.07) is 8.66. The Morgan fingerprint density at radius 1 is 1.20 bits per heavy atom. The Balaban J connectivity index is 1.29. The van der Waals surface area contributed by atoms with Crippen LogP contribution in [0.1, 0.15) is 43.4 Å². The predicted octanol–water partition coefficient (Wildman–Crippen LogP) is 2.90. The van der Waals surface area contributed by atoms with Crippen LogP contribution in [0.2, 0.25) is 0 Å². The van der Waals surface area contributed by atoms with E-state index in [1.807, 2.05) is 4.90 Å². The summed E-state index contributed by atoms with van der Waals surface area (Å²) in [5, 5.41) is 3.27. The zero-order valence-electron chi connectivity index (χ0n) is 14.9. The normalized spacial score (nSPS) is 29.6. The number of ether oxygens (including phenoxy) is 2. The minimum atomic E-state index is 0.0659. The van der Waals surface area contributed by atoms with Crippen LogP contribution < -0.4 is 5.32 Å². The maximum Gasteiger partial charge on any atom is 0.317 e. The molecule has 3 aliphatic rings. The zero-order chi connectivity index (χ0) is 17.2. The molecule has 0 saturated carbocycles. The lowest BCUT2D eigenvalue weighted by Gasteiger charge is -2.34. The fraction of sp³-hybridized carbons (Fsp3) is 0.650. The number of urea groups is 1. The number of hydrogen-bond acceptors (Lipinski definition) is 3. The number of rotatable bonds is 3.